The van der Waals surface area contributed by atoms with Crippen LogP contribution in [0.4, 0.5) is 5.69 Å². The van der Waals surface area contributed by atoms with Crippen molar-refractivity contribution in [3.05, 3.63) is 59.9 Å². The van der Waals surface area contributed by atoms with Crippen LogP contribution in [0.2, 0.25) is 0 Å². The number of nitriles is 1. The summed E-state index contributed by atoms with van der Waals surface area (Å²) in [5.74, 6) is 0.0579. The Kier molecular flexibility index (Phi) is 8.87. The van der Waals surface area contributed by atoms with Gasteiger partial charge in [-0.2, -0.15) is 5.26 Å². The zero-order chi connectivity index (χ0) is 25.6. The van der Waals surface area contributed by atoms with Crippen LogP contribution >= 0.6 is 0 Å². The molecule has 0 spiro atoms. The van der Waals surface area contributed by atoms with Crippen LogP contribution in [0.1, 0.15) is 58.3 Å². The molecule has 1 aromatic carbocycles. The molecule has 0 aliphatic carbocycles. The maximum absolute atomic E-state index is 13.4. The molecule has 2 N–H and O–H groups in total. The van der Waals surface area contributed by atoms with E-state index in [1.54, 1.807) is 11.1 Å². The first-order chi connectivity index (χ1) is 16.6. The number of carbonyl (C=O) groups is 1. The first kappa shape index (κ1) is 26.7. The second-order valence-corrected chi connectivity index (χ2v) is 10.8. The number of hydrogen-bond donors (Lipinski definition) is 1. The van der Waals surface area contributed by atoms with Gasteiger partial charge in [-0.1, -0.05) is 32.0 Å². The summed E-state index contributed by atoms with van der Waals surface area (Å²) in [5.41, 5.74) is 9.26. The normalized spacial score (nSPS) is 16.6. The van der Waals surface area contributed by atoms with Gasteiger partial charge < -0.3 is 15.5 Å². The highest BCUT2D eigenvalue weighted by molar-refractivity contribution is 5.82. The van der Waals surface area contributed by atoms with Gasteiger partial charge in [-0.15, -0.1) is 0 Å². The summed E-state index contributed by atoms with van der Waals surface area (Å²) in [6.07, 6.45) is 2.28. The topological polar surface area (TPSA) is 89.5 Å². The predicted octanol–water partition coefficient (Wildman–Crippen LogP) is 3.82. The lowest BCUT2D eigenvalue weighted by atomic mass is 9.97. The molecule has 2 aromatic rings. The van der Waals surface area contributed by atoms with Gasteiger partial charge in [0.1, 0.15) is 12.6 Å². The average Bonchev–Trinajstić information content (AvgIpc) is 2.83. The molecule has 7 heteroatoms. The number of aromatic nitrogens is 1. The molecule has 1 aliphatic rings. The number of amides is 1. The minimum atomic E-state index is -0.659. The van der Waals surface area contributed by atoms with Gasteiger partial charge in [-0.3, -0.25) is 14.7 Å². The van der Waals surface area contributed by atoms with Crippen molar-refractivity contribution in [3.63, 3.8) is 0 Å². The Labute approximate surface area is 210 Å². The largest absolute Gasteiger partial charge is 0.369 e. The summed E-state index contributed by atoms with van der Waals surface area (Å²) < 4.78 is 0. The molecule has 35 heavy (non-hydrogen) atoms. The smallest absolute Gasteiger partial charge is 0.241 e. The van der Waals surface area contributed by atoms with Crippen molar-refractivity contribution in [3.8, 4) is 6.07 Å². The van der Waals surface area contributed by atoms with E-state index in [4.69, 9.17) is 5.73 Å². The number of benzene rings is 1. The van der Waals surface area contributed by atoms with E-state index >= 15 is 0 Å². The molecule has 2 atom stereocenters. The molecule has 2 heterocycles. The lowest BCUT2D eigenvalue weighted by molar-refractivity contribution is -0.134. The number of hydrogen-bond acceptors (Lipinski definition) is 6. The third kappa shape index (κ3) is 6.81. The second-order valence-electron chi connectivity index (χ2n) is 10.8. The number of pyridine rings is 1. The van der Waals surface area contributed by atoms with E-state index in [9.17, 15) is 10.1 Å². The molecular formula is C28H40N6O. The van der Waals surface area contributed by atoms with Crippen molar-refractivity contribution in [1.82, 2.24) is 14.8 Å². The molecule has 1 amide bonds. The van der Waals surface area contributed by atoms with Crippen molar-refractivity contribution in [1.29, 1.82) is 5.26 Å². The van der Waals surface area contributed by atoms with E-state index < -0.39 is 12.1 Å². The molecule has 7 nitrogen and oxygen atoms in total. The van der Waals surface area contributed by atoms with Crippen LogP contribution in [0.3, 0.4) is 0 Å². The summed E-state index contributed by atoms with van der Waals surface area (Å²) in [5, 5.41) is 9.57. The standard InChI is InChI=1S/C28H40N6O/c1-21(2)20-24(30)27(35)34(15-13-29)26(25-8-6-7-14-31-25)22-9-11-23(12-10-22)32-16-18-33(19-17-32)28(3,4)5/h6-12,14,21,24,26H,15-20,30H2,1-5H3/t24-,26?/m0/s1. The maximum atomic E-state index is 13.4. The molecule has 1 fully saturated rings. The van der Waals surface area contributed by atoms with Crippen LogP contribution in [0.25, 0.3) is 0 Å². The summed E-state index contributed by atoms with van der Waals surface area (Å²) in [7, 11) is 0. The molecule has 1 unspecified atom stereocenters. The minimum Gasteiger partial charge on any atom is -0.369 e. The Hall–Kier alpha value is -2.95. The zero-order valence-corrected chi connectivity index (χ0v) is 21.8. The Balaban J connectivity index is 1.88. The SMILES string of the molecule is CC(C)C[C@H](N)C(=O)N(CC#N)C(c1ccc(N2CCN(C(C)(C)C)CC2)cc1)c1ccccn1. The van der Waals surface area contributed by atoms with E-state index in [2.05, 4.69) is 65.9 Å². The summed E-state index contributed by atoms with van der Waals surface area (Å²) in [4.78, 5) is 24.4. The monoisotopic (exact) mass is 476 g/mol. The fraction of sp³-hybridized carbons (Fsp3) is 0.536. The summed E-state index contributed by atoms with van der Waals surface area (Å²) in [6.45, 7) is 14.8. The van der Waals surface area contributed by atoms with Gasteiger partial charge in [0.2, 0.25) is 5.91 Å². The van der Waals surface area contributed by atoms with Gasteiger partial charge in [-0.05, 0) is 62.9 Å². The minimum absolute atomic E-state index is 0.0532. The van der Waals surface area contributed by atoms with Crippen LogP contribution in [0, 0.1) is 17.2 Å². The van der Waals surface area contributed by atoms with Crippen molar-refractivity contribution < 1.29 is 4.79 Å². The average molecular weight is 477 g/mol. The van der Waals surface area contributed by atoms with Gasteiger partial charge >= 0.3 is 0 Å². The third-order valence-electron chi connectivity index (χ3n) is 6.65. The molecule has 0 radical (unpaired) electrons. The molecule has 1 aromatic heterocycles. The quantitative estimate of drug-likeness (QED) is 0.583. The Bertz CT molecular complexity index is 985. The first-order valence-electron chi connectivity index (χ1n) is 12.6. The van der Waals surface area contributed by atoms with Crippen molar-refractivity contribution >= 4 is 11.6 Å². The predicted molar refractivity (Wildman–Crippen MR) is 141 cm³/mol. The van der Waals surface area contributed by atoms with Gasteiger partial charge in [-0.25, -0.2) is 0 Å². The first-order valence-corrected chi connectivity index (χ1v) is 12.6. The van der Waals surface area contributed by atoms with Gasteiger partial charge in [0.05, 0.1) is 17.8 Å². The number of nitrogens with zero attached hydrogens (tertiary/aromatic N) is 5. The third-order valence-corrected chi connectivity index (χ3v) is 6.65. The van der Waals surface area contributed by atoms with E-state index in [1.807, 2.05) is 32.0 Å². The molecule has 188 valence electrons. The molecule has 0 saturated carbocycles. The van der Waals surface area contributed by atoms with Crippen LogP contribution in [0.5, 0.6) is 0 Å². The zero-order valence-electron chi connectivity index (χ0n) is 21.8. The Morgan fingerprint density at radius 2 is 1.77 bits per heavy atom. The summed E-state index contributed by atoms with van der Waals surface area (Å²) in [6, 6.07) is 15.0. The highest BCUT2D eigenvalue weighted by Crippen LogP contribution is 2.30. The molecule has 0 bridgehead atoms. The fourth-order valence-electron chi connectivity index (χ4n) is 4.75. The van der Waals surface area contributed by atoms with Crippen LogP contribution in [0.15, 0.2) is 48.7 Å². The number of nitrogens with two attached hydrogens (primary N) is 1. The highest BCUT2D eigenvalue weighted by Gasteiger charge is 2.31. The van der Waals surface area contributed by atoms with Gasteiger partial charge in [0, 0.05) is 43.6 Å². The Morgan fingerprint density at radius 3 is 2.29 bits per heavy atom. The number of carbonyl (C=O) groups excluding carboxylic acids is 1. The summed E-state index contributed by atoms with van der Waals surface area (Å²) >= 11 is 0. The Morgan fingerprint density at radius 1 is 1.11 bits per heavy atom. The van der Waals surface area contributed by atoms with Crippen LogP contribution < -0.4 is 10.6 Å². The number of anilines is 1. The number of rotatable bonds is 8. The molecule has 3 rings (SSSR count). The number of piperazine rings is 1. The van der Waals surface area contributed by atoms with Crippen molar-refractivity contribution in [2.24, 2.45) is 11.7 Å². The van der Waals surface area contributed by atoms with Crippen LogP contribution in [-0.4, -0.2) is 65.0 Å². The molecular weight excluding hydrogens is 436 g/mol. The van der Waals surface area contributed by atoms with Gasteiger partial charge in [0.25, 0.3) is 0 Å². The van der Waals surface area contributed by atoms with E-state index in [1.165, 1.54) is 0 Å². The maximum Gasteiger partial charge on any atom is 0.241 e. The lowest BCUT2D eigenvalue weighted by Crippen LogP contribution is -2.53. The highest BCUT2D eigenvalue weighted by atomic mass is 16.2. The van der Waals surface area contributed by atoms with Crippen LogP contribution in [-0.2, 0) is 4.79 Å². The van der Waals surface area contributed by atoms with Gasteiger partial charge in [0.15, 0.2) is 0 Å². The van der Waals surface area contributed by atoms with E-state index in [0.717, 1.165) is 43.1 Å². The molecule has 1 aliphatic heterocycles. The van der Waals surface area contributed by atoms with E-state index in [-0.39, 0.29) is 23.9 Å². The second kappa shape index (κ2) is 11.7. The lowest BCUT2D eigenvalue weighted by Gasteiger charge is -2.43. The fourth-order valence-corrected chi connectivity index (χ4v) is 4.75. The van der Waals surface area contributed by atoms with E-state index in [0.29, 0.717) is 6.42 Å². The van der Waals surface area contributed by atoms with Crippen molar-refractivity contribution in [2.75, 3.05) is 37.6 Å². The molecule has 1 saturated heterocycles. The van der Waals surface area contributed by atoms with Crippen molar-refractivity contribution in [2.45, 2.75) is 58.7 Å².